The lowest BCUT2D eigenvalue weighted by Gasteiger charge is -2.09. The third kappa shape index (κ3) is 4.87. The smallest absolute Gasteiger partial charge is 0.243 e. The van der Waals surface area contributed by atoms with Gasteiger partial charge in [-0.1, -0.05) is 11.6 Å². The van der Waals surface area contributed by atoms with Crippen LogP contribution in [0.4, 0.5) is 10.1 Å². The molecule has 0 saturated heterocycles. The van der Waals surface area contributed by atoms with Crippen LogP contribution in [0.15, 0.2) is 17.0 Å². The van der Waals surface area contributed by atoms with Gasteiger partial charge in [0, 0.05) is 18.8 Å². The first-order valence-corrected chi connectivity index (χ1v) is 8.97. The molecule has 4 N–H and O–H groups in total. The maximum atomic E-state index is 13.7. The van der Waals surface area contributed by atoms with Crippen molar-refractivity contribution in [3.05, 3.63) is 23.0 Å². The summed E-state index contributed by atoms with van der Waals surface area (Å²) in [7, 11) is -7.61. The second-order valence-electron chi connectivity index (χ2n) is 3.88. The molecule has 0 aliphatic rings. The highest BCUT2D eigenvalue weighted by atomic mass is 35.5. The van der Waals surface area contributed by atoms with Crippen LogP contribution < -0.4 is 15.2 Å². The van der Waals surface area contributed by atoms with E-state index in [1.807, 2.05) is 4.72 Å². The van der Waals surface area contributed by atoms with Crippen molar-refractivity contribution < 1.29 is 21.2 Å². The molecule has 7 nitrogen and oxygen atoms in total. The second kappa shape index (κ2) is 6.22. The van der Waals surface area contributed by atoms with Gasteiger partial charge < -0.3 is 5.73 Å². The minimum atomic E-state index is -4.18. The highest BCUT2D eigenvalue weighted by molar-refractivity contribution is 7.89. The SMILES string of the molecule is CS(=O)(=O)NCCNS(=O)(=O)c1cc(N)cc(Cl)c1F. The van der Waals surface area contributed by atoms with E-state index >= 15 is 0 Å². The molecule has 0 aliphatic carbocycles. The van der Waals surface area contributed by atoms with E-state index in [0.29, 0.717) is 0 Å². The number of nitrogens with two attached hydrogens (primary N) is 1. The topological polar surface area (TPSA) is 118 Å². The second-order valence-corrected chi connectivity index (χ2v) is 7.85. The van der Waals surface area contributed by atoms with Gasteiger partial charge in [-0.25, -0.2) is 30.7 Å². The largest absolute Gasteiger partial charge is 0.399 e. The molecule has 0 spiro atoms. The fourth-order valence-corrected chi connectivity index (χ4v) is 3.20. The Kier molecular flexibility index (Phi) is 5.33. The normalized spacial score (nSPS) is 12.6. The number of rotatable bonds is 6. The van der Waals surface area contributed by atoms with Crippen molar-refractivity contribution in [2.45, 2.75) is 4.90 Å². The zero-order valence-corrected chi connectivity index (χ0v) is 12.7. The van der Waals surface area contributed by atoms with Gasteiger partial charge in [0.05, 0.1) is 11.3 Å². The maximum Gasteiger partial charge on any atom is 0.243 e. The third-order valence-corrected chi connectivity index (χ3v) is 4.55. The summed E-state index contributed by atoms with van der Waals surface area (Å²) in [6.45, 7) is -0.420. The molecule has 0 fully saturated rings. The van der Waals surface area contributed by atoms with E-state index in [0.717, 1.165) is 18.4 Å². The van der Waals surface area contributed by atoms with Crippen LogP contribution in [-0.4, -0.2) is 36.2 Å². The molecule has 0 saturated carbocycles. The quantitative estimate of drug-likeness (QED) is 0.491. The van der Waals surface area contributed by atoms with E-state index in [-0.39, 0.29) is 18.8 Å². The summed E-state index contributed by atoms with van der Waals surface area (Å²) >= 11 is 5.51. The number of nitrogen functional groups attached to an aromatic ring is 1. The van der Waals surface area contributed by atoms with Crippen LogP contribution in [0.5, 0.6) is 0 Å². The van der Waals surface area contributed by atoms with Crippen molar-refractivity contribution >= 4 is 37.3 Å². The van der Waals surface area contributed by atoms with E-state index in [9.17, 15) is 21.2 Å². The number of anilines is 1. The number of nitrogens with one attached hydrogen (secondary N) is 2. The van der Waals surface area contributed by atoms with Crippen LogP contribution in [0.3, 0.4) is 0 Å². The molecule has 114 valence electrons. The maximum absolute atomic E-state index is 13.7. The average molecular weight is 346 g/mol. The molecule has 0 aromatic heterocycles. The molecular formula is C9H13ClFN3O4S2. The number of hydrogen-bond acceptors (Lipinski definition) is 5. The molecule has 0 radical (unpaired) electrons. The third-order valence-electron chi connectivity index (χ3n) is 2.09. The van der Waals surface area contributed by atoms with E-state index in [1.165, 1.54) is 0 Å². The van der Waals surface area contributed by atoms with Crippen LogP contribution in [0, 0.1) is 5.82 Å². The van der Waals surface area contributed by atoms with E-state index in [2.05, 4.69) is 4.72 Å². The lowest BCUT2D eigenvalue weighted by molar-refractivity contribution is 0.555. The van der Waals surface area contributed by atoms with E-state index in [4.69, 9.17) is 17.3 Å². The summed E-state index contributed by atoms with van der Waals surface area (Å²) < 4.78 is 63.0. The summed E-state index contributed by atoms with van der Waals surface area (Å²) in [6.07, 6.45) is 0.929. The minimum absolute atomic E-state index is 0.00830. The number of sulfonamides is 2. The Balaban J connectivity index is 2.85. The van der Waals surface area contributed by atoms with Gasteiger partial charge in [0.15, 0.2) is 5.82 Å². The van der Waals surface area contributed by atoms with Gasteiger partial charge in [0.1, 0.15) is 4.90 Å². The Labute approximate surface area is 121 Å². The number of halogens is 2. The Bertz CT molecular complexity index is 706. The fraction of sp³-hybridized carbons (Fsp3) is 0.333. The molecule has 20 heavy (non-hydrogen) atoms. The first-order valence-electron chi connectivity index (χ1n) is 5.22. The lowest BCUT2D eigenvalue weighted by atomic mass is 10.3. The molecule has 1 rings (SSSR count). The monoisotopic (exact) mass is 345 g/mol. The van der Waals surface area contributed by atoms with Crippen molar-refractivity contribution in [2.75, 3.05) is 25.1 Å². The molecule has 0 heterocycles. The molecule has 0 unspecified atom stereocenters. The molecule has 0 bridgehead atoms. The molecule has 0 amide bonds. The van der Waals surface area contributed by atoms with Gasteiger partial charge >= 0.3 is 0 Å². The Hall–Kier alpha value is -0.940. The Morgan fingerprint density at radius 2 is 1.75 bits per heavy atom. The van der Waals surface area contributed by atoms with Crippen molar-refractivity contribution in [2.24, 2.45) is 0 Å². The van der Waals surface area contributed by atoms with Crippen LogP contribution in [0.1, 0.15) is 0 Å². The predicted molar refractivity (Wildman–Crippen MR) is 73.9 cm³/mol. The van der Waals surface area contributed by atoms with Crippen molar-refractivity contribution in [1.82, 2.24) is 9.44 Å². The summed E-state index contributed by atoms with van der Waals surface area (Å²) in [6, 6.07) is 2.01. The van der Waals surface area contributed by atoms with E-state index < -0.39 is 35.8 Å². The highest BCUT2D eigenvalue weighted by Gasteiger charge is 2.21. The summed E-state index contributed by atoms with van der Waals surface area (Å²) in [5.74, 6) is -1.12. The van der Waals surface area contributed by atoms with Gasteiger partial charge in [-0.3, -0.25) is 0 Å². The predicted octanol–water partition coefficient (Wildman–Crippen LogP) is -0.111. The van der Waals surface area contributed by atoms with Crippen molar-refractivity contribution in [1.29, 1.82) is 0 Å². The lowest BCUT2D eigenvalue weighted by Crippen LogP contribution is -2.34. The first-order chi connectivity index (χ1) is 9.03. The van der Waals surface area contributed by atoms with Crippen LogP contribution in [0.2, 0.25) is 5.02 Å². The zero-order chi connectivity index (χ0) is 15.6. The Morgan fingerprint density at radius 1 is 1.20 bits per heavy atom. The molecule has 11 heteroatoms. The minimum Gasteiger partial charge on any atom is -0.399 e. The molecule has 0 aliphatic heterocycles. The van der Waals surface area contributed by atoms with Gasteiger partial charge in [0.25, 0.3) is 0 Å². The van der Waals surface area contributed by atoms with Crippen LogP contribution >= 0.6 is 11.6 Å². The summed E-state index contributed by atoms with van der Waals surface area (Å²) in [5, 5.41) is -0.417. The van der Waals surface area contributed by atoms with Gasteiger partial charge in [-0.05, 0) is 12.1 Å². The van der Waals surface area contributed by atoms with Crippen molar-refractivity contribution in [3.63, 3.8) is 0 Å². The summed E-state index contributed by atoms with van der Waals surface area (Å²) in [4.78, 5) is -0.693. The molecular weight excluding hydrogens is 333 g/mol. The standard InChI is InChI=1S/C9H13ClFN3O4S2/c1-19(15,16)13-2-3-14-20(17,18)8-5-6(12)4-7(10)9(8)11/h4-5,13-14H,2-3,12H2,1H3. The highest BCUT2D eigenvalue weighted by Crippen LogP contribution is 2.25. The Morgan fingerprint density at radius 3 is 2.30 bits per heavy atom. The van der Waals surface area contributed by atoms with Gasteiger partial charge in [-0.15, -0.1) is 0 Å². The first kappa shape index (κ1) is 17.1. The molecule has 1 aromatic carbocycles. The van der Waals surface area contributed by atoms with Crippen LogP contribution in [0.25, 0.3) is 0 Å². The van der Waals surface area contributed by atoms with E-state index in [1.54, 1.807) is 0 Å². The number of hydrogen-bond donors (Lipinski definition) is 3. The number of benzene rings is 1. The fourth-order valence-electron chi connectivity index (χ4n) is 1.28. The van der Waals surface area contributed by atoms with Crippen molar-refractivity contribution in [3.8, 4) is 0 Å². The van der Waals surface area contributed by atoms with Gasteiger partial charge in [-0.2, -0.15) is 0 Å². The van der Waals surface area contributed by atoms with Crippen LogP contribution in [-0.2, 0) is 20.0 Å². The van der Waals surface area contributed by atoms with Gasteiger partial charge in [0.2, 0.25) is 20.0 Å². The average Bonchev–Trinajstić information content (AvgIpc) is 2.28. The zero-order valence-electron chi connectivity index (χ0n) is 10.4. The molecule has 0 atom stereocenters. The summed E-state index contributed by atoms with van der Waals surface area (Å²) in [5.41, 5.74) is 5.39. The molecule has 1 aromatic rings.